The molecule has 0 amide bonds. The summed E-state index contributed by atoms with van der Waals surface area (Å²) in [5.41, 5.74) is 2.12. The van der Waals surface area contributed by atoms with Gasteiger partial charge in [-0.2, -0.15) is 5.10 Å². The van der Waals surface area contributed by atoms with Crippen LogP contribution < -0.4 is 0 Å². The van der Waals surface area contributed by atoms with E-state index in [0.717, 1.165) is 43.8 Å². The van der Waals surface area contributed by atoms with Crippen LogP contribution in [0.5, 0.6) is 0 Å². The van der Waals surface area contributed by atoms with Crippen molar-refractivity contribution in [2.75, 3.05) is 13.2 Å². The van der Waals surface area contributed by atoms with Gasteiger partial charge in [-0.3, -0.25) is 9.48 Å². The number of ether oxygens (including phenoxy) is 1. The molecule has 0 aliphatic carbocycles. The van der Waals surface area contributed by atoms with E-state index in [1.807, 2.05) is 4.68 Å². The fraction of sp³-hybridized carbons (Fsp3) is 0.714. The molecule has 1 aromatic rings. The number of hydrogen-bond acceptors (Lipinski definition) is 3. The quantitative estimate of drug-likeness (QED) is 0.803. The van der Waals surface area contributed by atoms with E-state index in [0.29, 0.717) is 18.8 Å². The maximum Gasteiger partial charge on any atom is 0.144 e. The third-order valence-corrected chi connectivity index (χ3v) is 3.55. The van der Waals surface area contributed by atoms with Gasteiger partial charge in [-0.05, 0) is 32.3 Å². The molecule has 1 fully saturated rings. The van der Waals surface area contributed by atoms with Gasteiger partial charge < -0.3 is 4.74 Å². The molecule has 100 valence electrons. The lowest BCUT2D eigenvalue weighted by molar-refractivity contribution is -0.126. The second-order valence-electron chi connectivity index (χ2n) is 4.85. The number of rotatable bonds is 5. The molecule has 1 aliphatic rings. The Morgan fingerprint density at radius 3 is 3.00 bits per heavy atom. The van der Waals surface area contributed by atoms with Crippen molar-refractivity contribution in [2.45, 2.75) is 46.1 Å². The van der Waals surface area contributed by atoms with Gasteiger partial charge in [-0.1, -0.05) is 6.92 Å². The van der Waals surface area contributed by atoms with Crippen molar-refractivity contribution in [3.05, 3.63) is 17.5 Å². The zero-order valence-electron chi connectivity index (χ0n) is 11.3. The highest BCUT2D eigenvalue weighted by Crippen LogP contribution is 2.17. The average molecular weight is 250 g/mol. The summed E-state index contributed by atoms with van der Waals surface area (Å²) in [6.45, 7) is 6.37. The van der Waals surface area contributed by atoms with Crippen LogP contribution in [0.3, 0.4) is 0 Å². The molecule has 0 bridgehead atoms. The van der Waals surface area contributed by atoms with Crippen LogP contribution in [0, 0.1) is 5.92 Å². The lowest BCUT2D eigenvalue weighted by atomic mass is 9.94. The summed E-state index contributed by atoms with van der Waals surface area (Å²) >= 11 is 0. The predicted octanol–water partition coefficient (Wildman–Crippen LogP) is 2.00. The van der Waals surface area contributed by atoms with Crippen molar-refractivity contribution in [1.82, 2.24) is 9.78 Å². The Morgan fingerprint density at radius 1 is 1.56 bits per heavy atom. The Bertz CT molecular complexity index is 406. The molecule has 1 aromatic heterocycles. The largest absolute Gasteiger partial charge is 0.381 e. The van der Waals surface area contributed by atoms with E-state index < -0.39 is 0 Å². The van der Waals surface area contributed by atoms with Gasteiger partial charge in [0, 0.05) is 31.2 Å². The second-order valence-corrected chi connectivity index (χ2v) is 4.85. The summed E-state index contributed by atoms with van der Waals surface area (Å²) in [7, 11) is 0. The standard InChI is InChI=1S/C14H22N2O2/c1-3-12-8-13(16(4-2)15-12)9-14(17)11-6-5-7-18-10-11/h8,11H,3-7,9-10H2,1-2H3. The Labute approximate surface area is 108 Å². The van der Waals surface area contributed by atoms with Gasteiger partial charge in [0.15, 0.2) is 0 Å². The summed E-state index contributed by atoms with van der Waals surface area (Å²) in [6.07, 6.45) is 3.39. The van der Waals surface area contributed by atoms with E-state index in [4.69, 9.17) is 4.74 Å². The number of Topliss-reactive ketones (excluding diaryl/α,β-unsaturated/α-hetero) is 1. The molecule has 2 rings (SSSR count). The molecule has 2 heterocycles. The molecule has 0 radical (unpaired) electrons. The molecular formula is C14H22N2O2. The first kappa shape index (κ1) is 13.3. The minimum atomic E-state index is 0.0871. The minimum Gasteiger partial charge on any atom is -0.381 e. The number of hydrogen-bond donors (Lipinski definition) is 0. The van der Waals surface area contributed by atoms with Gasteiger partial charge in [0.1, 0.15) is 5.78 Å². The highest BCUT2D eigenvalue weighted by atomic mass is 16.5. The number of carbonyl (C=O) groups is 1. The topological polar surface area (TPSA) is 44.1 Å². The SMILES string of the molecule is CCc1cc(CC(=O)C2CCCOC2)n(CC)n1. The van der Waals surface area contributed by atoms with E-state index in [-0.39, 0.29) is 5.92 Å². The Kier molecular flexibility index (Phi) is 4.53. The zero-order chi connectivity index (χ0) is 13.0. The van der Waals surface area contributed by atoms with Gasteiger partial charge in [0.2, 0.25) is 0 Å². The van der Waals surface area contributed by atoms with Crippen LogP contribution in [0.1, 0.15) is 38.1 Å². The Balaban J connectivity index is 2.03. The summed E-state index contributed by atoms with van der Waals surface area (Å²) in [5.74, 6) is 0.385. The van der Waals surface area contributed by atoms with Crippen LogP contribution in [-0.4, -0.2) is 28.8 Å². The molecule has 0 spiro atoms. The smallest absolute Gasteiger partial charge is 0.144 e. The maximum atomic E-state index is 12.2. The number of ketones is 1. The molecular weight excluding hydrogens is 228 g/mol. The van der Waals surface area contributed by atoms with Crippen molar-refractivity contribution >= 4 is 5.78 Å². The van der Waals surface area contributed by atoms with Crippen LogP contribution in [0.2, 0.25) is 0 Å². The van der Waals surface area contributed by atoms with Crippen LogP contribution in [0.15, 0.2) is 6.07 Å². The van der Waals surface area contributed by atoms with Gasteiger partial charge >= 0.3 is 0 Å². The first-order valence-corrected chi connectivity index (χ1v) is 6.90. The highest BCUT2D eigenvalue weighted by Gasteiger charge is 2.23. The molecule has 1 atom stereocenters. The summed E-state index contributed by atoms with van der Waals surface area (Å²) in [6, 6.07) is 2.06. The molecule has 1 aliphatic heterocycles. The molecule has 18 heavy (non-hydrogen) atoms. The van der Waals surface area contributed by atoms with E-state index in [2.05, 4.69) is 25.0 Å². The molecule has 0 saturated carbocycles. The third kappa shape index (κ3) is 2.99. The monoisotopic (exact) mass is 250 g/mol. The predicted molar refractivity (Wildman–Crippen MR) is 69.5 cm³/mol. The van der Waals surface area contributed by atoms with E-state index >= 15 is 0 Å². The van der Waals surface area contributed by atoms with Crippen molar-refractivity contribution in [3.8, 4) is 0 Å². The van der Waals surface area contributed by atoms with Crippen molar-refractivity contribution < 1.29 is 9.53 Å². The minimum absolute atomic E-state index is 0.0871. The number of aromatic nitrogens is 2. The van der Waals surface area contributed by atoms with Crippen molar-refractivity contribution in [1.29, 1.82) is 0 Å². The fourth-order valence-electron chi connectivity index (χ4n) is 2.42. The number of aryl methyl sites for hydroxylation is 2. The molecule has 0 N–H and O–H groups in total. The van der Waals surface area contributed by atoms with Gasteiger partial charge in [-0.15, -0.1) is 0 Å². The van der Waals surface area contributed by atoms with E-state index in [1.54, 1.807) is 0 Å². The zero-order valence-corrected chi connectivity index (χ0v) is 11.3. The number of nitrogens with zero attached hydrogens (tertiary/aromatic N) is 2. The van der Waals surface area contributed by atoms with Crippen molar-refractivity contribution in [3.63, 3.8) is 0 Å². The van der Waals surface area contributed by atoms with Gasteiger partial charge in [-0.25, -0.2) is 0 Å². The van der Waals surface area contributed by atoms with Crippen LogP contribution in [0.4, 0.5) is 0 Å². The highest BCUT2D eigenvalue weighted by molar-refractivity contribution is 5.83. The van der Waals surface area contributed by atoms with Crippen molar-refractivity contribution in [2.24, 2.45) is 5.92 Å². The van der Waals surface area contributed by atoms with Crippen LogP contribution in [-0.2, 0) is 28.9 Å². The molecule has 4 heteroatoms. The fourth-order valence-corrected chi connectivity index (χ4v) is 2.42. The molecule has 4 nitrogen and oxygen atoms in total. The number of carbonyl (C=O) groups excluding carboxylic acids is 1. The average Bonchev–Trinajstić information content (AvgIpc) is 2.82. The Morgan fingerprint density at radius 2 is 2.39 bits per heavy atom. The lowest BCUT2D eigenvalue weighted by Gasteiger charge is -2.20. The third-order valence-electron chi connectivity index (χ3n) is 3.55. The van der Waals surface area contributed by atoms with Gasteiger partial charge in [0.25, 0.3) is 0 Å². The maximum absolute atomic E-state index is 12.2. The second kappa shape index (κ2) is 6.14. The van der Waals surface area contributed by atoms with E-state index in [9.17, 15) is 4.79 Å². The van der Waals surface area contributed by atoms with E-state index in [1.165, 1.54) is 0 Å². The first-order valence-electron chi connectivity index (χ1n) is 6.90. The summed E-state index contributed by atoms with van der Waals surface area (Å²) in [5, 5.41) is 4.48. The first-order chi connectivity index (χ1) is 8.74. The summed E-state index contributed by atoms with van der Waals surface area (Å²) in [4.78, 5) is 12.2. The van der Waals surface area contributed by atoms with Crippen LogP contribution in [0.25, 0.3) is 0 Å². The molecule has 0 aromatic carbocycles. The molecule has 1 unspecified atom stereocenters. The van der Waals surface area contributed by atoms with Crippen LogP contribution >= 0.6 is 0 Å². The normalized spacial score (nSPS) is 20.0. The molecule has 1 saturated heterocycles. The summed E-state index contributed by atoms with van der Waals surface area (Å²) < 4.78 is 7.33. The lowest BCUT2D eigenvalue weighted by Crippen LogP contribution is -2.27. The van der Waals surface area contributed by atoms with Gasteiger partial charge in [0.05, 0.1) is 12.3 Å². The Hall–Kier alpha value is -1.16.